The van der Waals surface area contributed by atoms with Crippen molar-refractivity contribution < 1.29 is 9.53 Å². The lowest BCUT2D eigenvalue weighted by Crippen LogP contribution is -2.09. The number of nitrogens with two attached hydrogens (primary N) is 1. The fourth-order valence-electron chi connectivity index (χ4n) is 1.27. The minimum absolute atomic E-state index is 0.355. The molecule has 2 N–H and O–H groups in total. The van der Waals surface area contributed by atoms with Crippen molar-refractivity contribution in [2.75, 3.05) is 13.7 Å². The first-order valence-corrected chi connectivity index (χ1v) is 4.77. The molecular weight excluding hydrogens is 190 g/mol. The van der Waals surface area contributed by atoms with E-state index in [2.05, 4.69) is 4.74 Å². The second-order valence-electron chi connectivity index (χ2n) is 3.19. The van der Waals surface area contributed by atoms with Gasteiger partial charge in [0.2, 0.25) is 0 Å². The summed E-state index contributed by atoms with van der Waals surface area (Å²) >= 11 is 0. The molecule has 0 saturated carbocycles. The maximum atomic E-state index is 11.0. The average Bonchev–Trinajstić information content (AvgIpc) is 2.29. The maximum Gasteiger partial charge on any atom is 0.330 e. The maximum absolute atomic E-state index is 11.0. The number of carbonyl (C=O) groups is 1. The van der Waals surface area contributed by atoms with Crippen LogP contribution in [0.25, 0.3) is 0 Å². The summed E-state index contributed by atoms with van der Waals surface area (Å²) in [5.74, 6) is -0.355. The molecule has 0 bridgehead atoms. The second kappa shape index (κ2) is 5.98. The highest BCUT2D eigenvalue weighted by atomic mass is 16.5. The third kappa shape index (κ3) is 3.95. The van der Waals surface area contributed by atoms with Crippen molar-refractivity contribution in [2.24, 2.45) is 5.73 Å². The zero-order valence-corrected chi connectivity index (χ0v) is 8.77. The molecule has 0 amide bonds. The van der Waals surface area contributed by atoms with E-state index >= 15 is 0 Å². The molecule has 0 unspecified atom stereocenters. The van der Waals surface area contributed by atoms with Crippen LogP contribution in [-0.2, 0) is 16.0 Å². The predicted molar refractivity (Wildman–Crippen MR) is 59.3 cm³/mol. The molecular formula is C12H15NO2. The molecule has 1 aromatic rings. The van der Waals surface area contributed by atoms with Gasteiger partial charge in [0.1, 0.15) is 0 Å². The van der Waals surface area contributed by atoms with Crippen LogP contribution in [0.4, 0.5) is 0 Å². The van der Waals surface area contributed by atoms with Crippen LogP contribution in [0, 0.1) is 0 Å². The summed E-state index contributed by atoms with van der Waals surface area (Å²) in [6.45, 7) is 0.365. The van der Waals surface area contributed by atoms with Crippen LogP contribution in [0.15, 0.2) is 42.0 Å². The fraction of sp³-hybridized carbons (Fsp3) is 0.250. The Morgan fingerprint density at radius 2 is 2.07 bits per heavy atom. The van der Waals surface area contributed by atoms with Crippen LogP contribution < -0.4 is 5.73 Å². The fourth-order valence-corrected chi connectivity index (χ4v) is 1.27. The zero-order chi connectivity index (χ0) is 11.1. The smallest absolute Gasteiger partial charge is 0.330 e. The normalized spacial score (nSPS) is 11.2. The Hall–Kier alpha value is -1.61. The van der Waals surface area contributed by atoms with E-state index in [0.29, 0.717) is 13.0 Å². The van der Waals surface area contributed by atoms with Crippen LogP contribution in [-0.4, -0.2) is 19.6 Å². The highest BCUT2D eigenvalue weighted by Crippen LogP contribution is 2.06. The highest BCUT2D eigenvalue weighted by molar-refractivity contribution is 5.82. The van der Waals surface area contributed by atoms with Gasteiger partial charge in [-0.3, -0.25) is 0 Å². The molecule has 0 radical (unpaired) electrons. The van der Waals surface area contributed by atoms with Gasteiger partial charge in [-0.15, -0.1) is 0 Å². The van der Waals surface area contributed by atoms with Crippen LogP contribution in [0.3, 0.4) is 0 Å². The van der Waals surface area contributed by atoms with Crippen LogP contribution >= 0.6 is 0 Å². The number of esters is 1. The van der Waals surface area contributed by atoms with Gasteiger partial charge < -0.3 is 10.5 Å². The third-order valence-corrected chi connectivity index (χ3v) is 2.06. The highest BCUT2D eigenvalue weighted by Gasteiger charge is 2.01. The third-order valence-electron chi connectivity index (χ3n) is 2.06. The number of ether oxygens (including phenoxy) is 1. The minimum atomic E-state index is -0.355. The molecule has 0 aliphatic heterocycles. The quantitative estimate of drug-likeness (QED) is 0.595. The van der Waals surface area contributed by atoms with E-state index in [0.717, 1.165) is 11.1 Å². The summed E-state index contributed by atoms with van der Waals surface area (Å²) in [7, 11) is 1.36. The Balaban J connectivity index is 2.70. The van der Waals surface area contributed by atoms with Crippen molar-refractivity contribution in [1.82, 2.24) is 0 Å². The minimum Gasteiger partial charge on any atom is -0.466 e. The molecule has 0 aliphatic carbocycles. The molecule has 3 heteroatoms. The van der Waals surface area contributed by atoms with E-state index in [4.69, 9.17) is 5.73 Å². The predicted octanol–water partition coefficient (Wildman–Crippen LogP) is 1.29. The average molecular weight is 205 g/mol. The van der Waals surface area contributed by atoms with Gasteiger partial charge in [0, 0.05) is 12.6 Å². The molecule has 0 atom stereocenters. The van der Waals surface area contributed by atoms with Crippen molar-refractivity contribution in [1.29, 1.82) is 0 Å². The van der Waals surface area contributed by atoms with E-state index in [1.165, 1.54) is 13.2 Å². The molecule has 0 aromatic heterocycles. The van der Waals surface area contributed by atoms with Crippen molar-refractivity contribution in [3.8, 4) is 0 Å². The SMILES string of the molecule is COC(=O)C=C(CN)Cc1ccccc1. The Bertz CT molecular complexity index is 344. The van der Waals surface area contributed by atoms with E-state index < -0.39 is 0 Å². The number of hydrogen-bond donors (Lipinski definition) is 1. The number of benzene rings is 1. The van der Waals surface area contributed by atoms with Gasteiger partial charge in [-0.25, -0.2) is 4.79 Å². The van der Waals surface area contributed by atoms with Gasteiger partial charge >= 0.3 is 5.97 Å². The lowest BCUT2D eigenvalue weighted by atomic mass is 10.1. The van der Waals surface area contributed by atoms with Gasteiger partial charge in [-0.05, 0) is 17.6 Å². The first kappa shape index (κ1) is 11.5. The number of hydrogen-bond acceptors (Lipinski definition) is 3. The Kier molecular flexibility index (Phi) is 4.57. The number of rotatable bonds is 4. The molecule has 80 valence electrons. The summed E-state index contributed by atoms with van der Waals surface area (Å²) in [6.07, 6.45) is 2.14. The summed E-state index contributed by atoms with van der Waals surface area (Å²) in [5, 5.41) is 0. The Morgan fingerprint density at radius 3 is 2.60 bits per heavy atom. The summed E-state index contributed by atoms with van der Waals surface area (Å²) in [6, 6.07) is 9.88. The van der Waals surface area contributed by atoms with Crippen molar-refractivity contribution >= 4 is 5.97 Å². The van der Waals surface area contributed by atoms with Gasteiger partial charge in [0.05, 0.1) is 7.11 Å². The Labute approximate surface area is 89.5 Å². The zero-order valence-electron chi connectivity index (χ0n) is 8.77. The second-order valence-corrected chi connectivity index (χ2v) is 3.19. The van der Waals surface area contributed by atoms with Crippen LogP contribution in [0.1, 0.15) is 5.56 Å². The molecule has 0 spiro atoms. The monoisotopic (exact) mass is 205 g/mol. The molecule has 1 rings (SSSR count). The standard InChI is InChI=1S/C12H15NO2/c1-15-12(14)8-11(9-13)7-10-5-3-2-4-6-10/h2-6,8H,7,9,13H2,1H3. The van der Waals surface area contributed by atoms with E-state index in [9.17, 15) is 4.79 Å². The van der Waals surface area contributed by atoms with Gasteiger partial charge in [-0.1, -0.05) is 30.3 Å². The van der Waals surface area contributed by atoms with Crippen LogP contribution in [0.5, 0.6) is 0 Å². The first-order chi connectivity index (χ1) is 7.26. The van der Waals surface area contributed by atoms with Crippen molar-refractivity contribution in [2.45, 2.75) is 6.42 Å². The summed E-state index contributed by atoms with van der Waals surface area (Å²) in [5.41, 5.74) is 7.55. The van der Waals surface area contributed by atoms with Crippen molar-refractivity contribution in [3.63, 3.8) is 0 Å². The molecule has 15 heavy (non-hydrogen) atoms. The molecule has 0 saturated heterocycles. The van der Waals surface area contributed by atoms with E-state index in [1.807, 2.05) is 30.3 Å². The van der Waals surface area contributed by atoms with Gasteiger partial charge in [0.25, 0.3) is 0 Å². The number of methoxy groups -OCH3 is 1. The van der Waals surface area contributed by atoms with Crippen LogP contribution in [0.2, 0.25) is 0 Å². The van der Waals surface area contributed by atoms with E-state index in [1.54, 1.807) is 0 Å². The number of carbonyl (C=O) groups excluding carboxylic acids is 1. The van der Waals surface area contributed by atoms with Crippen molar-refractivity contribution in [3.05, 3.63) is 47.5 Å². The molecule has 0 aliphatic rings. The lowest BCUT2D eigenvalue weighted by molar-refractivity contribution is -0.134. The van der Waals surface area contributed by atoms with Gasteiger partial charge in [-0.2, -0.15) is 0 Å². The molecule has 3 nitrogen and oxygen atoms in total. The Morgan fingerprint density at radius 1 is 1.40 bits per heavy atom. The summed E-state index contributed by atoms with van der Waals surface area (Å²) < 4.78 is 4.55. The van der Waals surface area contributed by atoms with Gasteiger partial charge in [0.15, 0.2) is 0 Å². The molecule has 1 aromatic carbocycles. The molecule has 0 heterocycles. The van der Waals surface area contributed by atoms with E-state index in [-0.39, 0.29) is 5.97 Å². The molecule has 0 fully saturated rings. The largest absolute Gasteiger partial charge is 0.466 e. The lowest BCUT2D eigenvalue weighted by Gasteiger charge is -2.04. The topological polar surface area (TPSA) is 52.3 Å². The first-order valence-electron chi connectivity index (χ1n) is 4.77. The summed E-state index contributed by atoms with van der Waals surface area (Å²) in [4.78, 5) is 11.0.